The number of aromatic nitrogens is 2. The van der Waals surface area contributed by atoms with Crippen LogP contribution >= 0.6 is 11.8 Å². The molecule has 204 valence electrons. The second-order valence-corrected chi connectivity index (χ2v) is 10.9. The molecule has 0 aliphatic carbocycles. The van der Waals surface area contributed by atoms with Gasteiger partial charge in [0.1, 0.15) is 18.4 Å². The number of nitro groups is 1. The number of thioether (sulfide) groups is 1. The number of carbonyl (C=O) groups excluding carboxylic acids is 2. The molecule has 2 aliphatic heterocycles. The van der Waals surface area contributed by atoms with Crippen LogP contribution in [0.1, 0.15) is 23.6 Å². The van der Waals surface area contributed by atoms with E-state index in [9.17, 15) is 19.7 Å². The molecule has 2 saturated heterocycles. The molecule has 2 unspecified atom stereocenters. The Morgan fingerprint density at radius 2 is 1.79 bits per heavy atom. The number of non-ortho nitro benzene ring substituents is 1. The summed E-state index contributed by atoms with van der Waals surface area (Å²) in [5.74, 6) is 1.46. The van der Waals surface area contributed by atoms with Gasteiger partial charge in [0.15, 0.2) is 0 Å². The van der Waals surface area contributed by atoms with Gasteiger partial charge in [-0.15, -0.1) is 0 Å². The van der Waals surface area contributed by atoms with Crippen molar-refractivity contribution in [3.8, 4) is 5.75 Å². The summed E-state index contributed by atoms with van der Waals surface area (Å²) in [5.41, 5.74) is 1.73. The van der Waals surface area contributed by atoms with Crippen molar-refractivity contribution in [3.63, 3.8) is 0 Å². The van der Waals surface area contributed by atoms with Crippen molar-refractivity contribution in [2.24, 2.45) is 0 Å². The quantitative estimate of drug-likeness (QED) is 0.290. The predicted octanol–water partition coefficient (Wildman–Crippen LogP) is 3.90. The van der Waals surface area contributed by atoms with Gasteiger partial charge in [-0.3, -0.25) is 19.8 Å². The molecule has 39 heavy (non-hydrogen) atoms. The number of rotatable bonds is 9. The molecule has 2 aromatic carbocycles. The minimum atomic E-state index is -0.605. The lowest BCUT2D eigenvalue weighted by atomic mass is 10.1. The second-order valence-electron chi connectivity index (χ2n) is 9.57. The van der Waals surface area contributed by atoms with Crippen LogP contribution in [-0.2, 0) is 21.9 Å². The van der Waals surface area contributed by atoms with E-state index in [2.05, 4.69) is 4.98 Å². The summed E-state index contributed by atoms with van der Waals surface area (Å²) in [7, 11) is 1.63. The average Bonchev–Trinajstić information content (AvgIpc) is 3.61. The summed E-state index contributed by atoms with van der Waals surface area (Å²) >= 11 is 1.71. The van der Waals surface area contributed by atoms with E-state index in [1.807, 2.05) is 35.0 Å². The van der Waals surface area contributed by atoms with Gasteiger partial charge in [-0.2, -0.15) is 11.8 Å². The Hall–Kier alpha value is -4.06. The number of hydrogen-bond donors (Lipinski definition) is 0. The van der Waals surface area contributed by atoms with Gasteiger partial charge in [-0.05, 0) is 41.8 Å². The summed E-state index contributed by atoms with van der Waals surface area (Å²) in [6, 6.07) is 13.3. The fraction of sp³-hybridized carbons (Fsp3) is 0.370. The van der Waals surface area contributed by atoms with E-state index in [-0.39, 0.29) is 29.5 Å². The van der Waals surface area contributed by atoms with Gasteiger partial charge in [-0.1, -0.05) is 12.1 Å². The van der Waals surface area contributed by atoms with Gasteiger partial charge in [-0.25, -0.2) is 9.78 Å². The second kappa shape index (κ2) is 11.8. The maximum absolute atomic E-state index is 13.5. The van der Waals surface area contributed by atoms with Crippen LogP contribution < -0.4 is 4.74 Å². The number of ether oxygens (including phenoxy) is 2. The Bertz CT molecular complexity index is 1300. The summed E-state index contributed by atoms with van der Waals surface area (Å²) in [4.78, 5) is 44.5. The molecule has 2 aliphatic rings. The van der Waals surface area contributed by atoms with E-state index < -0.39 is 17.1 Å². The fourth-order valence-corrected chi connectivity index (χ4v) is 5.96. The maximum atomic E-state index is 13.5. The number of nitro benzene ring substituents is 1. The molecule has 0 spiro atoms. The Labute approximate surface area is 229 Å². The van der Waals surface area contributed by atoms with E-state index in [0.717, 1.165) is 17.1 Å². The number of nitrogens with zero attached hydrogens (tertiary/aromatic N) is 5. The highest BCUT2D eigenvalue weighted by atomic mass is 32.2. The molecular weight excluding hydrogens is 522 g/mol. The number of amides is 2. The summed E-state index contributed by atoms with van der Waals surface area (Å²) in [6.07, 6.45) is 5.32. The number of methoxy groups -OCH3 is 1. The number of imidazole rings is 1. The van der Waals surface area contributed by atoms with Crippen LogP contribution in [0.2, 0.25) is 0 Å². The molecule has 1 aromatic heterocycles. The molecule has 3 aromatic rings. The van der Waals surface area contributed by atoms with Crippen molar-refractivity contribution in [2.45, 2.75) is 36.1 Å². The Kier molecular flexibility index (Phi) is 8.01. The standard InChI is InChI=1S/C27H29N5O6S/c1-37-23-8-4-20(5-9-23)17-39-24-12-25(26(33)30-13-22(14-30)29-11-10-28-18-29)31(15-24)27(34)38-16-19-2-6-21(7-3-19)32(35)36/h2-11,18,22,24-25H,12-17H2,1H3. The highest BCUT2D eigenvalue weighted by molar-refractivity contribution is 7.99. The SMILES string of the molecule is COc1ccc(CSC2CC(C(=O)N3CC(n4ccnc4)C3)N(C(=O)OCc3ccc([N+](=O)[O-])cc3)C2)cc1. The highest BCUT2D eigenvalue weighted by Gasteiger charge is 2.45. The van der Waals surface area contributed by atoms with Gasteiger partial charge in [0, 0.05) is 55.2 Å². The lowest BCUT2D eigenvalue weighted by molar-refractivity contribution is -0.384. The average molecular weight is 552 g/mol. The Morgan fingerprint density at radius 3 is 2.44 bits per heavy atom. The fourth-order valence-electron chi connectivity index (χ4n) is 4.75. The van der Waals surface area contributed by atoms with Crippen LogP contribution in [0.5, 0.6) is 5.75 Å². The Balaban J connectivity index is 1.22. The molecular formula is C27H29N5O6S. The smallest absolute Gasteiger partial charge is 0.410 e. The van der Waals surface area contributed by atoms with Crippen LogP contribution in [0.25, 0.3) is 0 Å². The molecule has 3 heterocycles. The van der Waals surface area contributed by atoms with Crippen molar-refractivity contribution < 1.29 is 24.0 Å². The molecule has 0 bridgehead atoms. The van der Waals surface area contributed by atoms with Crippen LogP contribution in [0.4, 0.5) is 10.5 Å². The summed E-state index contributed by atoms with van der Waals surface area (Å²) in [5, 5.41) is 11.0. The van der Waals surface area contributed by atoms with Crippen LogP contribution in [0, 0.1) is 10.1 Å². The number of carbonyl (C=O) groups is 2. The van der Waals surface area contributed by atoms with E-state index in [1.54, 1.807) is 48.4 Å². The van der Waals surface area contributed by atoms with Gasteiger partial charge in [0.05, 0.1) is 24.4 Å². The third kappa shape index (κ3) is 6.17. The molecule has 2 atom stereocenters. The van der Waals surface area contributed by atoms with Crippen molar-refractivity contribution in [3.05, 3.63) is 88.5 Å². The largest absolute Gasteiger partial charge is 0.497 e. The van der Waals surface area contributed by atoms with Crippen molar-refractivity contribution in [2.75, 3.05) is 26.7 Å². The van der Waals surface area contributed by atoms with Crippen molar-refractivity contribution >= 4 is 29.4 Å². The first-order valence-electron chi connectivity index (χ1n) is 12.6. The zero-order valence-corrected chi connectivity index (χ0v) is 22.2. The zero-order chi connectivity index (χ0) is 27.4. The van der Waals surface area contributed by atoms with Gasteiger partial charge in [0.25, 0.3) is 5.69 Å². The lowest BCUT2D eigenvalue weighted by Crippen LogP contribution is -2.56. The highest BCUT2D eigenvalue weighted by Crippen LogP contribution is 2.33. The minimum absolute atomic E-state index is 0.0319. The molecule has 0 saturated carbocycles. The normalized spacial score (nSPS) is 19.0. The monoisotopic (exact) mass is 551 g/mol. The van der Waals surface area contributed by atoms with Gasteiger partial charge in [0.2, 0.25) is 5.91 Å². The topological polar surface area (TPSA) is 120 Å². The molecule has 0 N–H and O–H groups in total. The van der Waals surface area contributed by atoms with Crippen LogP contribution in [-0.4, -0.2) is 74.3 Å². The molecule has 2 amide bonds. The molecule has 5 rings (SSSR count). The third-order valence-electron chi connectivity index (χ3n) is 7.06. The van der Waals surface area contributed by atoms with Crippen LogP contribution in [0.3, 0.4) is 0 Å². The molecule has 11 nitrogen and oxygen atoms in total. The van der Waals surface area contributed by atoms with Crippen molar-refractivity contribution in [1.82, 2.24) is 19.4 Å². The van der Waals surface area contributed by atoms with Gasteiger partial charge < -0.3 is 18.9 Å². The van der Waals surface area contributed by atoms with E-state index in [4.69, 9.17) is 9.47 Å². The predicted molar refractivity (Wildman–Crippen MR) is 144 cm³/mol. The first-order chi connectivity index (χ1) is 18.9. The van der Waals surface area contributed by atoms with Crippen LogP contribution in [0.15, 0.2) is 67.3 Å². The van der Waals surface area contributed by atoms with E-state index in [0.29, 0.717) is 31.6 Å². The van der Waals surface area contributed by atoms with Crippen molar-refractivity contribution in [1.29, 1.82) is 0 Å². The summed E-state index contributed by atoms with van der Waals surface area (Å²) in [6.45, 7) is 1.50. The molecule has 0 radical (unpaired) electrons. The number of hydrogen-bond acceptors (Lipinski definition) is 8. The molecule has 12 heteroatoms. The maximum Gasteiger partial charge on any atom is 0.410 e. The van der Waals surface area contributed by atoms with E-state index >= 15 is 0 Å². The first kappa shape index (κ1) is 26.5. The summed E-state index contributed by atoms with van der Waals surface area (Å²) < 4.78 is 12.8. The lowest BCUT2D eigenvalue weighted by Gasteiger charge is -2.42. The zero-order valence-electron chi connectivity index (χ0n) is 21.4. The number of benzene rings is 2. The van der Waals surface area contributed by atoms with Gasteiger partial charge >= 0.3 is 6.09 Å². The minimum Gasteiger partial charge on any atom is -0.497 e. The third-order valence-corrected chi connectivity index (χ3v) is 8.37. The number of likely N-dealkylation sites (tertiary alicyclic amines) is 2. The van der Waals surface area contributed by atoms with E-state index in [1.165, 1.54) is 17.0 Å². The molecule has 2 fully saturated rings. The first-order valence-corrected chi connectivity index (χ1v) is 13.6. The Morgan fingerprint density at radius 1 is 1.08 bits per heavy atom.